The van der Waals surface area contributed by atoms with Crippen LogP contribution in [0.25, 0.3) is 0 Å². The number of nitrogens with zero attached hydrogens (tertiary/aromatic N) is 5. The molecule has 0 radical (unpaired) electrons. The third-order valence-corrected chi connectivity index (χ3v) is 12.6. The molecule has 6 unspecified atom stereocenters. The number of benzene rings is 3. The highest BCUT2D eigenvalue weighted by atomic mass is 79.9. The lowest BCUT2D eigenvalue weighted by Gasteiger charge is -2.50. The maximum Gasteiger partial charge on any atom is 0.254 e. The van der Waals surface area contributed by atoms with Crippen molar-refractivity contribution < 1.29 is 29.0 Å². The topological polar surface area (TPSA) is 132 Å². The lowest BCUT2D eigenvalue weighted by molar-refractivity contribution is -0.138. The molecule has 3 fully saturated rings. The Balaban J connectivity index is 1.24. The van der Waals surface area contributed by atoms with Crippen LogP contribution in [0.5, 0.6) is 11.5 Å². The monoisotopic (exact) mass is 813 g/mol. The molecule has 11 nitrogen and oxygen atoms in total. The zero-order chi connectivity index (χ0) is 36.6. The normalized spacial score (nSPS) is 28.6. The van der Waals surface area contributed by atoms with E-state index in [0.717, 1.165) is 10.6 Å². The van der Waals surface area contributed by atoms with E-state index in [1.54, 1.807) is 24.3 Å². The van der Waals surface area contributed by atoms with Gasteiger partial charge in [-0.3, -0.25) is 29.0 Å². The number of amides is 4. The number of likely N-dealkylation sites (tertiary alicyclic amines) is 1. The number of azo groups is 1. The number of allylic oxidation sites excluding steroid dienone is 2. The predicted octanol–water partition coefficient (Wildman–Crippen LogP) is 7.45. The molecule has 4 aliphatic rings. The van der Waals surface area contributed by atoms with Gasteiger partial charge in [-0.05, 0) is 85.0 Å². The lowest BCUT2D eigenvalue weighted by Crippen LogP contribution is -2.60. The molecule has 15 heteroatoms. The molecule has 3 aromatic carbocycles. The number of carbonyl (C=O) groups is 4. The molecular weight excluding hydrogens is 785 g/mol. The van der Waals surface area contributed by atoms with Crippen LogP contribution in [0, 0.1) is 17.8 Å². The number of anilines is 2. The molecule has 1 N–H and O–H groups in total. The first-order chi connectivity index (χ1) is 24.3. The Morgan fingerprint density at radius 1 is 0.941 bits per heavy atom. The summed E-state index contributed by atoms with van der Waals surface area (Å²) in [5.41, 5.74) is 3.37. The van der Waals surface area contributed by atoms with Gasteiger partial charge in [-0.25, -0.2) is 0 Å². The highest BCUT2D eigenvalue weighted by Gasteiger charge is 2.76. The number of imide groups is 2. The first-order valence-electron chi connectivity index (χ1n) is 16.0. The number of hydrogen-bond acceptors (Lipinski definition) is 9. The van der Waals surface area contributed by atoms with Crippen LogP contribution >= 0.6 is 50.7 Å². The van der Waals surface area contributed by atoms with Crippen molar-refractivity contribution in [1.82, 2.24) is 4.90 Å². The van der Waals surface area contributed by atoms with Gasteiger partial charge in [0.05, 0.1) is 46.5 Å². The van der Waals surface area contributed by atoms with E-state index in [4.69, 9.17) is 39.5 Å². The molecular formula is C36H31BrCl3N5O6. The number of alkyl halides is 3. The third kappa shape index (κ3) is 5.28. The number of fused-ring (bicyclic) bond motifs is 4. The average molecular weight is 816 g/mol. The van der Waals surface area contributed by atoms with Crippen molar-refractivity contribution in [2.24, 2.45) is 28.0 Å². The Bertz CT molecular complexity index is 2040. The fraction of sp³-hybridized carbons (Fsp3) is 0.333. The van der Waals surface area contributed by atoms with Crippen molar-refractivity contribution >= 4 is 97.1 Å². The maximum atomic E-state index is 14.4. The van der Waals surface area contributed by atoms with E-state index < -0.39 is 51.1 Å². The molecule has 2 aliphatic carbocycles. The molecule has 0 bridgehead atoms. The molecule has 264 valence electrons. The molecule has 3 aromatic rings. The summed E-state index contributed by atoms with van der Waals surface area (Å²) < 4.78 is 5.36. The number of ether oxygens (including phenoxy) is 1. The fourth-order valence-electron chi connectivity index (χ4n) is 7.90. The van der Waals surface area contributed by atoms with Gasteiger partial charge >= 0.3 is 0 Å². The van der Waals surface area contributed by atoms with Crippen molar-refractivity contribution in [3.8, 4) is 11.5 Å². The second-order valence-corrected chi connectivity index (χ2v) is 15.3. The molecule has 51 heavy (non-hydrogen) atoms. The zero-order valence-corrected chi connectivity index (χ0v) is 31.4. The van der Waals surface area contributed by atoms with E-state index in [1.165, 1.54) is 24.1 Å². The van der Waals surface area contributed by atoms with E-state index in [0.29, 0.717) is 28.2 Å². The first-order valence-corrected chi connectivity index (χ1v) is 18.3. The molecule has 4 amide bonds. The minimum absolute atomic E-state index is 0.0204. The first kappa shape index (κ1) is 35.4. The van der Waals surface area contributed by atoms with Crippen LogP contribution < -0.4 is 14.5 Å². The van der Waals surface area contributed by atoms with Crippen molar-refractivity contribution in [2.75, 3.05) is 36.5 Å². The van der Waals surface area contributed by atoms with Gasteiger partial charge in [-0.2, -0.15) is 10.2 Å². The third-order valence-electron chi connectivity index (χ3n) is 10.4. The van der Waals surface area contributed by atoms with Gasteiger partial charge in [0.25, 0.3) is 11.8 Å². The Morgan fingerprint density at radius 3 is 2.16 bits per heavy atom. The van der Waals surface area contributed by atoms with Gasteiger partial charge in [-0.15, -0.1) is 23.2 Å². The quantitative estimate of drug-likeness (QED) is 0.0862. The van der Waals surface area contributed by atoms with Gasteiger partial charge < -0.3 is 14.7 Å². The summed E-state index contributed by atoms with van der Waals surface area (Å²) in [5.74, 6) is -5.99. The van der Waals surface area contributed by atoms with Gasteiger partial charge in [-0.1, -0.05) is 39.2 Å². The Hall–Kier alpha value is -3.97. The maximum absolute atomic E-state index is 14.4. The summed E-state index contributed by atoms with van der Waals surface area (Å²) in [5, 5.41) is 19.0. The summed E-state index contributed by atoms with van der Waals surface area (Å²) in [7, 11) is 5.25. The van der Waals surface area contributed by atoms with E-state index in [1.807, 2.05) is 49.3 Å². The van der Waals surface area contributed by atoms with Crippen LogP contribution in [-0.2, 0) is 19.2 Å². The molecule has 2 aliphatic heterocycles. The minimum atomic E-state index is -2.02. The van der Waals surface area contributed by atoms with Gasteiger partial charge in [0.15, 0.2) is 21.2 Å². The predicted molar refractivity (Wildman–Crippen MR) is 197 cm³/mol. The largest absolute Gasteiger partial charge is 0.503 e. The molecule has 2 heterocycles. The smallest absolute Gasteiger partial charge is 0.254 e. The van der Waals surface area contributed by atoms with Crippen LogP contribution in [0.4, 0.5) is 22.7 Å². The minimum Gasteiger partial charge on any atom is -0.503 e. The van der Waals surface area contributed by atoms with E-state index in [-0.39, 0.29) is 40.7 Å². The van der Waals surface area contributed by atoms with E-state index in [9.17, 15) is 24.3 Å². The summed E-state index contributed by atoms with van der Waals surface area (Å²) in [6, 6.07) is 17.1. The summed E-state index contributed by atoms with van der Waals surface area (Å²) >= 11 is 24.2. The molecule has 7 rings (SSSR count). The average Bonchev–Trinajstić information content (AvgIpc) is 3.46. The van der Waals surface area contributed by atoms with Crippen LogP contribution in [0.2, 0.25) is 5.02 Å². The SMILES string of the molecule is COc1cc(C2C3=CCC4C(=O)N(c5ccc(N=Nc6ccc(N(C)C)cc6)cc5)C(=O)C4C3CC3(Cl)C(=O)N(CBr)C(=O)C23Cl)cc(Cl)c1O. The number of hydrogen-bond donors (Lipinski definition) is 1. The van der Waals surface area contributed by atoms with Gasteiger partial charge in [0.1, 0.15) is 0 Å². The molecule has 0 spiro atoms. The molecule has 0 aromatic heterocycles. The highest BCUT2D eigenvalue weighted by molar-refractivity contribution is 9.09. The van der Waals surface area contributed by atoms with Crippen molar-refractivity contribution in [1.29, 1.82) is 0 Å². The van der Waals surface area contributed by atoms with Crippen molar-refractivity contribution in [3.05, 3.63) is 82.9 Å². The fourth-order valence-corrected chi connectivity index (χ4v) is 9.54. The van der Waals surface area contributed by atoms with Crippen LogP contribution in [-0.4, -0.2) is 70.0 Å². The van der Waals surface area contributed by atoms with Crippen LogP contribution in [0.3, 0.4) is 0 Å². The summed E-state index contributed by atoms with van der Waals surface area (Å²) in [6.07, 6.45) is 1.84. The number of rotatable bonds is 7. The molecule has 2 saturated heterocycles. The Kier molecular flexibility index (Phi) is 8.97. The number of aromatic hydroxyl groups is 1. The highest BCUT2D eigenvalue weighted by Crippen LogP contribution is 2.66. The number of halogens is 4. The molecule has 1 saturated carbocycles. The van der Waals surface area contributed by atoms with Gasteiger partial charge in [0, 0.05) is 25.7 Å². The van der Waals surface area contributed by atoms with Crippen molar-refractivity contribution in [3.63, 3.8) is 0 Å². The Morgan fingerprint density at radius 2 is 1.57 bits per heavy atom. The second kappa shape index (κ2) is 12.9. The van der Waals surface area contributed by atoms with Crippen LogP contribution in [0.15, 0.2) is 82.5 Å². The van der Waals surface area contributed by atoms with Crippen LogP contribution in [0.1, 0.15) is 24.3 Å². The zero-order valence-electron chi connectivity index (χ0n) is 27.5. The summed E-state index contributed by atoms with van der Waals surface area (Å²) in [6.45, 7) is 0. The number of methoxy groups -OCH3 is 1. The number of phenols is 1. The molecule has 6 atom stereocenters. The standard InChI is InChI=1S/C36H31BrCl3N5O6/c1-43(2)21-8-4-19(5-9-21)41-42-20-6-10-22(11-7-20)45-31(47)24-13-12-23-25(28(24)32(45)48)16-35(39)33(49)44(17-37)34(50)36(35,40)29(23)18-14-26(38)30(46)27(15-18)51-3/h4-12,14-15,24-25,28-29,46H,13,16-17H2,1-3H3. The number of phenolic OH excluding ortho intramolecular Hbond substituents is 1. The number of carbonyl (C=O) groups excluding carboxylic acids is 4. The second-order valence-electron chi connectivity index (χ2n) is 13.2. The van der Waals surface area contributed by atoms with Crippen molar-refractivity contribution in [2.45, 2.75) is 28.5 Å². The van der Waals surface area contributed by atoms with Gasteiger partial charge in [0.2, 0.25) is 11.8 Å². The van der Waals surface area contributed by atoms with E-state index >= 15 is 0 Å². The lowest BCUT2D eigenvalue weighted by atomic mass is 9.56. The van der Waals surface area contributed by atoms with E-state index in [2.05, 4.69) is 26.2 Å². The Labute approximate surface area is 316 Å². The summed E-state index contributed by atoms with van der Waals surface area (Å²) in [4.78, 5) is 56.4.